The van der Waals surface area contributed by atoms with E-state index < -0.39 is 0 Å². The van der Waals surface area contributed by atoms with Crippen LogP contribution >= 0.6 is 0 Å². The van der Waals surface area contributed by atoms with E-state index in [2.05, 4.69) is 0 Å². The smallest absolute Gasteiger partial charge is 0.118 e. The number of phenols is 1. The van der Waals surface area contributed by atoms with Crippen LogP contribution in [-0.2, 0) is 0 Å². The molecule has 0 amide bonds. The van der Waals surface area contributed by atoms with Crippen LogP contribution in [-0.4, -0.2) is 28.5 Å². The van der Waals surface area contributed by atoms with Gasteiger partial charge in [-0.2, -0.15) is 0 Å². The summed E-state index contributed by atoms with van der Waals surface area (Å²) >= 11 is 0. The third-order valence-electron chi connectivity index (χ3n) is 1.12. The highest BCUT2D eigenvalue weighted by Gasteiger charge is 1.86. The maximum atomic E-state index is 8.92. The van der Waals surface area contributed by atoms with Gasteiger partial charge in [-0.3, -0.25) is 0 Å². The van der Waals surface area contributed by atoms with Crippen molar-refractivity contribution >= 4 is 0 Å². The molecule has 3 heteroatoms. The lowest BCUT2D eigenvalue weighted by atomic mass is 10.2. The van der Waals surface area contributed by atoms with Crippen molar-refractivity contribution in [3.63, 3.8) is 0 Å². The molecule has 0 aliphatic rings. The molecule has 0 fully saturated rings. The van der Waals surface area contributed by atoms with E-state index in [4.69, 9.17) is 15.3 Å². The summed E-state index contributed by atoms with van der Waals surface area (Å²) in [6.07, 6.45) is 0. The van der Waals surface area contributed by atoms with Crippen molar-refractivity contribution in [1.29, 1.82) is 0 Å². The molecule has 0 radical (unpaired) electrons. The molecular weight excluding hydrogens is 180 g/mol. The van der Waals surface area contributed by atoms with Gasteiger partial charge < -0.3 is 15.3 Å². The molecule has 14 heavy (non-hydrogen) atoms. The number of aromatic hydroxyl groups is 1. The maximum Gasteiger partial charge on any atom is 0.118 e. The minimum Gasteiger partial charge on any atom is -0.508 e. The van der Waals surface area contributed by atoms with Gasteiger partial charge in [0, 0.05) is 13.2 Å². The number of benzene rings is 1. The van der Waals surface area contributed by atoms with Crippen molar-refractivity contribution in [2.45, 2.75) is 20.8 Å². The molecule has 0 atom stereocenters. The first-order valence-corrected chi connectivity index (χ1v) is 4.60. The molecule has 0 saturated carbocycles. The Labute approximate surface area is 85.7 Å². The van der Waals surface area contributed by atoms with E-state index in [0.717, 1.165) is 5.56 Å². The highest BCUT2D eigenvalue weighted by Crippen LogP contribution is 2.12. The molecule has 0 unspecified atom stereocenters. The van der Waals surface area contributed by atoms with Gasteiger partial charge in [0.05, 0.1) is 0 Å². The summed E-state index contributed by atoms with van der Waals surface area (Å²) < 4.78 is 0. The number of para-hydroxylation sites is 1. The number of hydrogen-bond donors (Lipinski definition) is 3. The monoisotopic (exact) mass is 200 g/mol. The fraction of sp³-hybridized carbons (Fsp3) is 0.455. The van der Waals surface area contributed by atoms with Crippen molar-refractivity contribution in [3.8, 4) is 5.75 Å². The number of phenolic OH excluding ortho intramolecular Hbond substituents is 1. The van der Waals surface area contributed by atoms with E-state index in [-0.39, 0.29) is 13.2 Å². The van der Waals surface area contributed by atoms with Crippen molar-refractivity contribution in [3.05, 3.63) is 29.8 Å². The van der Waals surface area contributed by atoms with Crippen molar-refractivity contribution in [1.82, 2.24) is 0 Å². The van der Waals surface area contributed by atoms with E-state index in [1.165, 1.54) is 0 Å². The van der Waals surface area contributed by atoms with Gasteiger partial charge in [0.15, 0.2) is 0 Å². The molecule has 1 rings (SSSR count). The first-order chi connectivity index (χ1) is 6.63. The van der Waals surface area contributed by atoms with Gasteiger partial charge in [-0.25, -0.2) is 0 Å². The number of rotatable bonds is 0. The minimum absolute atomic E-state index is 0.250. The fourth-order valence-corrected chi connectivity index (χ4v) is 0.563. The Morgan fingerprint density at radius 2 is 1.36 bits per heavy atom. The predicted molar refractivity (Wildman–Crippen MR) is 58.4 cm³/mol. The van der Waals surface area contributed by atoms with Crippen LogP contribution in [0.1, 0.15) is 19.4 Å². The Kier molecular flexibility index (Phi) is 13.1. The van der Waals surface area contributed by atoms with Crippen LogP contribution in [0.4, 0.5) is 0 Å². The van der Waals surface area contributed by atoms with Gasteiger partial charge >= 0.3 is 0 Å². The minimum atomic E-state index is 0.250. The van der Waals surface area contributed by atoms with E-state index >= 15 is 0 Å². The molecule has 0 saturated heterocycles. The Bertz CT molecular complexity index is 188. The molecule has 1 aromatic rings. The van der Waals surface area contributed by atoms with Crippen LogP contribution in [0, 0.1) is 6.92 Å². The van der Waals surface area contributed by atoms with Gasteiger partial charge in [0.25, 0.3) is 0 Å². The molecule has 3 nitrogen and oxygen atoms in total. The summed E-state index contributed by atoms with van der Waals surface area (Å²) in [5.74, 6) is 0.368. The van der Waals surface area contributed by atoms with E-state index in [1.807, 2.05) is 25.1 Å². The second kappa shape index (κ2) is 11.9. The Morgan fingerprint density at radius 1 is 1.00 bits per heavy atom. The molecule has 0 aliphatic carbocycles. The van der Waals surface area contributed by atoms with Gasteiger partial charge in [0.2, 0.25) is 0 Å². The van der Waals surface area contributed by atoms with Gasteiger partial charge in [0.1, 0.15) is 5.75 Å². The third-order valence-corrected chi connectivity index (χ3v) is 1.12. The van der Waals surface area contributed by atoms with Crippen LogP contribution in [0.2, 0.25) is 0 Å². The SMILES string of the molecule is CCO.CCO.Cc1ccccc1O. The highest BCUT2D eigenvalue weighted by atomic mass is 16.3. The van der Waals surface area contributed by atoms with Gasteiger partial charge in [-0.05, 0) is 32.4 Å². The number of aliphatic hydroxyl groups is 2. The van der Waals surface area contributed by atoms with E-state index in [0.29, 0.717) is 5.75 Å². The highest BCUT2D eigenvalue weighted by molar-refractivity contribution is 5.29. The second-order valence-corrected chi connectivity index (χ2v) is 2.42. The summed E-state index contributed by atoms with van der Waals surface area (Å²) in [5.41, 5.74) is 0.924. The molecule has 82 valence electrons. The lowest BCUT2D eigenvalue weighted by molar-refractivity contribution is 0.318. The molecule has 3 N–H and O–H groups in total. The average Bonchev–Trinajstić information content (AvgIpc) is 2.13. The third kappa shape index (κ3) is 10.9. The van der Waals surface area contributed by atoms with Crippen LogP contribution < -0.4 is 0 Å². The Hall–Kier alpha value is -1.06. The molecule has 0 bridgehead atoms. The summed E-state index contributed by atoms with van der Waals surface area (Å²) in [5, 5.41) is 24.1. The number of hydrogen-bond acceptors (Lipinski definition) is 3. The van der Waals surface area contributed by atoms with Crippen LogP contribution in [0.3, 0.4) is 0 Å². The molecular formula is C11H20O3. The zero-order chi connectivity index (χ0) is 11.4. The molecule has 0 aromatic heterocycles. The van der Waals surface area contributed by atoms with Gasteiger partial charge in [-0.1, -0.05) is 18.2 Å². The van der Waals surface area contributed by atoms with Gasteiger partial charge in [-0.15, -0.1) is 0 Å². The largest absolute Gasteiger partial charge is 0.508 e. The van der Waals surface area contributed by atoms with E-state index in [9.17, 15) is 0 Å². The second-order valence-electron chi connectivity index (χ2n) is 2.42. The van der Waals surface area contributed by atoms with Crippen LogP contribution in [0.15, 0.2) is 24.3 Å². The van der Waals surface area contributed by atoms with Crippen molar-refractivity contribution in [2.75, 3.05) is 13.2 Å². The lowest BCUT2D eigenvalue weighted by Gasteiger charge is -1.92. The van der Waals surface area contributed by atoms with Crippen molar-refractivity contribution in [2.24, 2.45) is 0 Å². The molecule has 1 aromatic carbocycles. The maximum absolute atomic E-state index is 8.92. The standard InChI is InChI=1S/C7H8O.2C2H6O/c1-6-4-2-3-5-7(6)8;2*1-2-3/h2-5,8H,1H3;2*3H,2H2,1H3. The summed E-state index contributed by atoms with van der Waals surface area (Å²) in [6.45, 7) is 5.73. The zero-order valence-electron chi connectivity index (χ0n) is 9.07. The van der Waals surface area contributed by atoms with Crippen LogP contribution in [0.5, 0.6) is 5.75 Å². The summed E-state index contributed by atoms with van der Waals surface area (Å²) in [4.78, 5) is 0. The lowest BCUT2D eigenvalue weighted by Crippen LogP contribution is -1.68. The Morgan fingerprint density at radius 3 is 1.57 bits per heavy atom. The topological polar surface area (TPSA) is 60.7 Å². The quantitative estimate of drug-likeness (QED) is 0.597. The number of aryl methyl sites for hydroxylation is 1. The Balaban J connectivity index is 0. The number of aliphatic hydroxyl groups excluding tert-OH is 2. The zero-order valence-corrected chi connectivity index (χ0v) is 9.07. The fourth-order valence-electron chi connectivity index (χ4n) is 0.563. The molecule has 0 spiro atoms. The normalized spacial score (nSPS) is 7.79. The van der Waals surface area contributed by atoms with Crippen LogP contribution in [0.25, 0.3) is 0 Å². The van der Waals surface area contributed by atoms with E-state index in [1.54, 1.807) is 19.9 Å². The van der Waals surface area contributed by atoms with Crippen molar-refractivity contribution < 1.29 is 15.3 Å². The first-order valence-electron chi connectivity index (χ1n) is 4.60. The summed E-state index contributed by atoms with van der Waals surface area (Å²) in [7, 11) is 0. The average molecular weight is 200 g/mol. The molecule has 0 aliphatic heterocycles. The molecule has 0 heterocycles. The predicted octanol–water partition coefficient (Wildman–Crippen LogP) is 1.70. The first kappa shape index (κ1) is 15.4. The summed E-state index contributed by atoms with van der Waals surface area (Å²) in [6, 6.07) is 7.25.